The molecule has 1 N–H and O–H groups in total. The molecule has 5 nitrogen and oxygen atoms in total. The van der Waals surface area contributed by atoms with Gasteiger partial charge < -0.3 is 9.73 Å². The van der Waals surface area contributed by atoms with Crippen LogP contribution >= 0.6 is 0 Å². The number of benzene rings is 2. The molecule has 2 aromatic carbocycles. The number of nitrogens with one attached hydrogen (secondary N) is 1. The molecule has 0 aliphatic rings. The van der Waals surface area contributed by atoms with Crippen LogP contribution in [0, 0.1) is 12.7 Å². The van der Waals surface area contributed by atoms with Gasteiger partial charge in [0.1, 0.15) is 11.4 Å². The molecule has 0 aliphatic carbocycles. The topological polar surface area (TPSA) is 76.4 Å². The molecular formula is C19H18FNO4S. The molecular weight excluding hydrogens is 357 g/mol. The van der Waals surface area contributed by atoms with Crippen molar-refractivity contribution in [2.75, 3.05) is 12.3 Å². The zero-order valence-corrected chi connectivity index (χ0v) is 15.0. The summed E-state index contributed by atoms with van der Waals surface area (Å²) in [6, 6.07) is 12.9. The average molecular weight is 375 g/mol. The highest BCUT2D eigenvalue weighted by Gasteiger charge is 2.19. The summed E-state index contributed by atoms with van der Waals surface area (Å²) in [5.41, 5.74) is 1.63. The number of aryl methyl sites for hydroxylation is 1. The quantitative estimate of drug-likeness (QED) is 0.718. The van der Waals surface area contributed by atoms with Crippen molar-refractivity contribution in [1.29, 1.82) is 0 Å². The van der Waals surface area contributed by atoms with Crippen LogP contribution in [0.5, 0.6) is 0 Å². The number of hydrogen-bond donors (Lipinski definition) is 1. The lowest BCUT2D eigenvalue weighted by Crippen LogP contribution is -2.29. The first kappa shape index (κ1) is 18.1. The second-order valence-electron chi connectivity index (χ2n) is 6.03. The minimum Gasteiger partial charge on any atom is -0.451 e. The maximum Gasteiger partial charge on any atom is 0.287 e. The Morgan fingerprint density at radius 1 is 1.15 bits per heavy atom. The number of hydrogen-bond acceptors (Lipinski definition) is 4. The zero-order valence-electron chi connectivity index (χ0n) is 14.2. The minimum absolute atomic E-state index is 0.0289. The van der Waals surface area contributed by atoms with Gasteiger partial charge in [0.25, 0.3) is 5.91 Å². The molecule has 1 aromatic heterocycles. The molecule has 0 saturated heterocycles. The van der Waals surface area contributed by atoms with Gasteiger partial charge in [-0.25, -0.2) is 12.8 Å². The Hall–Kier alpha value is -2.67. The van der Waals surface area contributed by atoms with Gasteiger partial charge >= 0.3 is 0 Å². The van der Waals surface area contributed by atoms with Crippen LogP contribution in [-0.4, -0.2) is 26.6 Å². The molecule has 3 rings (SSSR count). The summed E-state index contributed by atoms with van der Waals surface area (Å²) < 4.78 is 43.1. The van der Waals surface area contributed by atoms with Crippen molar-refractivity contribution in [2.45, 2.75) is 12.7 Å². The number of sulfone groups is 1. The molecule has 26 heavy (non-hydrogen) atoms. The molecule has 136 valence electrons. The van der Waals surface area contributed by atoms with Crippen LogP contribution < -0.4 is 5.32 Å². The van der Waals surface area contributed by atoms with Gasteiger partial charge in [-0.15, -0.1) is 0 Å². The summed E-state index contributed by atoms with van der Waals surface area (Å²) in [7, 11) is -3.35. The maximum atomic E-state index is 13.3. The number of fused-ring (bicyclic) bond motifs is 1. The van der Waals surface area contributed by atoms with Crippen LogP contribution in [0.15, 0.2) is 52.9 Å². The zero-order chi connectivity index (χ0) is 18.7. The Kier molecular flexibility index (Phi) is 5.08. The fourth-order valence-electron chi connectivity index (χ4n) is 2.71. The molecule has 0 saturated carbocycles. The molecule has 0 bridgehead atoms. The van der Waals surface area contributed by atoms with E-state index in [1.54, 1.807) is 31.2 Å². The molecule has 1 heterocycles. The third-order valence-electron chi connectivity index (χ3n) is 4.03. The Morgan fingerprint density at radius 2 is 1.88 bits per heavy atom. The second-order valence-corrected chi connectivity index (χ2v) is 8.21. The SMILES string of the molecule is Cc1c(C(=O)NCCS(=O)(=O)Cc2ccccc2)oc2ccc(F)cc12. The van der Waals surface area contributed by atoms with Crippen molar-refractivity contribution in [1.82, 2.24) is 5.32 Å². The fourth-order valence-corrected chi connectivity index (χ4v) is 3.97. The Morgan fingerprint density at radius 3 is 2.62 bits per heavy atom. The van der Waals surface area contributed by atoms with E-state index in [0.717, 1.165) is 0 Å². The van der Waals surface area contributed by atoms with Gasteiger partial charge in [-0.1, -0.05) is 30.3 Å². The number of carbonyl (C=O) groups excluding carboxylic acids is 1. The third-order valence-corrected chi connectivity index (χ3v) is 5.63. The largest absolute Gasteiger partial charge is 0.451 e. The lowest BCUT2D eigenvalue weighted by Gasteiger charge is -2.06. The van der Waals surface area contributed by atoms with Crippen LogP contribution in [0.1, 0.15) is 21.7 Å². The standard InChI is InChI=1S/C19H18FNO4S/c1-13-16-11-15(20)7-8-17(16)25-18(13)19(22)21-9-10-26(23,24)12-14-5-3-2-4-6-14/h2-8,11H,9-10,12H2,1H3,(H,21,22). The molecule has 0 spiro atoms. The average Bonchev–Trinajstić information content (AvgIpc) is 2.92. The van der Waals surface area contributed by atoms with Crippen molar-refractivity contribution < 1.29 is 22.0 Å². The van der Waals surface area contributed by atoms with Crippen molar-refractivity contribution in [3.63, 3.8) is 0 Å². The Bertz CT molecular complexity index is 1040. The molecule has 0 atom stereocenters. The highest BCUT2D eigenvalue weighted by atomic mass is 32.2. The summed E-state index contributed by atoms with van der Waals surface area (Å²) in [5.74, 6) is -1.13. The van der Waals surface area contributed by atoms with Crippen molar-refractivity contribution in [3.8, 4) is 0 Å². The third kappa shape index (κ3) is 4.11. The van der Waals surface area contributed by atoms with Gasteiger partial charge in [-0.05, 0) is 30.7 Å². The molecule has 7 heteroatoms. The van der Waals surface area contributed by atoms with Crippen molar-refractivity contribution in [3.05, 3.63) is 71.2 Å². The summed E-state index contributed by atoms with van der Waals surface area (Å²) >= 11 is 0. The number of rotatable bonds is 6. The van der Waals surface area contributed by atoms with E-state index in [2.05, 4.69) is 5.32 Å². The van der Waals surface area contributed by atoms with Crippen LogP contribution in [0.25, 0.3) is 11.0 Å². The van der Waals surface area contributed by atoms with Crippen LogP contribution in [0.4, 0.5) is 4.39 Å². The minimum atomic E-state index is -3.35. The first-order valence-electron chi connectivity index (χ1n) is 8.07. The Labute approximate surface area is 150 Å². The number of furan rings is 1. The van der Waals surface area contributed by atoms with Gasteiger partial charge in [0.05, 0.1) is 11.5 Å². The normalized spacial score (nSPS) is 11.6. The first-order chi connectivity index (χ1) is 12.4. The lowest BCUT2D eigenvalue weighted by atomic mass is 10.1. The predicted octanol–water partition coefficient (Wildman–Crippen LogP) is 3.23. The van der Waals surface area contributed by atoms with E-state index in [0.29, 0.717) is 22.1 Å². The van der Waals surface area contributed by atoms with Gasteiger partial charge in [0, 0.05) is 17.5 Å². The molecule has 0 aliphatic heterocycles. The fraction of sp³-hybridized carbons (Fsp3) is 0.211. The summed E-state index contributed by atoms with van der Waals surface area (Å²) in [4.78, 5) is 12.3. The molecule has 0 fully saturated rings. The monoisotopic (exact) mass is 375 g/mol. The molecule has 3 aromatic rings. The number of carbonyl (C=O) groups is 1. The highest BCUT2D eigenvalue weighted by Crippen LogP contribution is 2.25. The van der Waals surface area contributed by atoms with Crippen LogP contribution in [-0.2, 0) is 15.6 Å². The van der Waals surface area contributed by atoms with E-state index in [1.807, 2.05) is 6.07 Å². The lowest BCUT2D eigenvalue weighted by molar-refractivity contribution is 0.0930. The Balaban J connectivity index is 1.63. The number of halogens is 1. The highest BCUT2D eigenvalue weighted by molar-refractivity contribution is 7.90. The van der Waals surface area contributed by atoms with Gasteiger partial charge in [0.15, 0.2) is 15.6 Å². The van der Waals surface area contributed by atoms with E-state index in [4.69, 9.17) is 4.42 Å². The molecule has 0 radical (unpaired) electrons. The summed E-state index contributed by atoms with van der Waals surface area (Å²) in [6.45, 7) is 1.63. The van der Waals surface area contributed by atoms with E-state index < -0.39 is 21.6 Å². The van der Waals surface area contributed by atoms with Crippen LogP contribution in [0.3, 0.4) is 0 Å². The first-order valence-corrected chi connectivity index (χ1v) is 9.89. The van der Waals surface area contributed by atoms with Gasteiger partial charge in [0.2, 0.25) is 0 Å². The number of amides is 1. The molecule has 0 unspecified atom stereocenters. The van der Waals surface area contributed by atoms with E-state index >= 15 is 0 Å². The smallest absolute Gasteiger partial charge is 0.287 e. The summed E-state index contributed by atoms with van der Waals surface area (Å²) in [5, 5.41) is 3.07. The van der Waals surface area contributed by atoms with Crippen molar-refractivity contribution >= 4 is 26.7 Å². The second kappa shape index (κ2) is 7.29. The van der Waals surface area contributed by atoms with E-state index in [-0.39, 0.29) is 23.8 Å². The van der Waals surface area contributed by atoms with Crippen molar-refractivity contribution in [2.24, 2.45) is 0 Å². The van der Waals surface area contributed by atoms with Gasteiger partial charge in [-0.3, -0.25) is 4.79 Å². The summed E-state index contributed by atoms with van der Waals surface area (Å²) in [6.07, 6.45) is 0. The van der Waals surface area contributed by atoms with Gasteiger partial charge in [-0.2, -0.15) is 0 Å². The van der Waals surface area contributed by atoms with E-state index in [1.165, 1.54) is 18.2 Å². The van der Waals surface area contributed by atoms with Crippen LogP contribution in [0.2, 0.25) is 0 Å². The maximum absolute atomic E-state index is 13.3. The van der Waals surface area contributed by atoms with E-state index in [9.17, 15) is 17.6 Å². The predicted molar refractivity (Wildman–Crippen MR) is 97.2 cm³/mol. The molecule has 1 amide bonds.